The van der Waals surface area contributed by atoms with Crippen molar-refractivity contribution in [2.75, 3.05) is 6.61 Å². The van der Waals surface area contributed by atoms with Crippen molar-refractivity contribution in [1.29, 1.82) is 0 Å². The maximum absolute atomic E-state index is 11.7. The first-order chi connectivity index (χ1) is 15.6. The number of carbonyl (C=O) groups excluding carboxylic acids is 2. The molecule has 33 heavy (non-hydrogen) atoms. The van der Waals surface area contributed by atoms with Crippen LogP contribution in [0.15, 0.2) is 54.6 Å². The molecule has 0 amide bonds. The van der Waals surface area contributed by atoms with Crippen LogP contribution in [0.2, 0.25) is 0 Å². The molecule has 6 N–H and O–H groups in total. The monoisotopic (exact) mass is 458 g/mol. The molecule has 3 rings (SSSR count). The van der Waals surface area contributed by atoms with Gasteiger partial charge in [0.25, 0.3) is 0 Å². The largest absolute Gasteiger partial charge is 0.504 e. The fourth-order valence-corrected chi connectivity index (χ4v) is 2.38. The van der Waals surface area contributed by atoms with Gasteiger partial charge in [-0.3, -0.25) is 0 Å². The number of benzene rings is 3. The summed E-state index contributed by atoms with van der Waals surface area (Å²) in [5.41, 5.74) is -0.231. The van der Waals surface area contributed by atoms with Gasteiger partial charge < -0.3 is 40.1 Å². The number of aromatic hydroxyl groups is 6. The predicted octanol–water partition coefficient (Wildman–Crippen LogP) is 3.39. The molecule has 0 aliphatic carbocycles. The van der Waals surface area contributed by atoms with Crippen molar-refractivity contribution < 1.29 is 49.7 Å². The zero-order valence-electron chi connectivity index (χ0n) is 17.4. The van der Waals surface area contributed by atoms with E-state index in [-0.39, 0.29) is 17.7 Å². The van der Waals surface area contributed by atoms with Crippen molar-refractivity contribution in [2.45, 2.75) is 13.3 Å². The van der Waals surface area contributed by atoms with Crippen molar-refractivity contribution in [3.8, 4) is 40.2 Å². The Morgan fingerprint density at radius 2 is 1.33 bits per heavy atom. The molecule has 0 bridgehead atoms. The molecule has 0 fully saturated rings. The Labute approximate surface area is 188 Å². The lowest BCUT2D eigenvalue weighted by atomic mass is 10.1. The topological polar surface area (TPSA) is 174 Å². The average Bonchev–Trinajstić information content (AvgIpc) is 2.80. The first-order valence-corrected chi connectivity index (χ1v) is 9.58. The summed E-state index contributed by atoms with van der Waals surface area (Å²) in [6, 6.07) is 12.6. The van der Waals surface area contributed by atoms with Gasteiger partial charge in [-0.05, 0) is 42.8 Å². The van der Waals surface area contributed by atoms with Crippen molar-refractivity contribution in [3.05, 3.63) is 65.7 Å². The molecule has 3 aromatic rings. The molecule has 0 saturated heterocycles. The maximum atomic E-state index is 11.7. The van der Waals surface area contributed by atoms with Gasteiger partial charge in [0.15, 0.2) is 28.7 Å². The summed E-state index contributed by atoms with van der Waals surface area (Å²) in [5.74, 6) is -4.90. The summed E-state index contributed by atoms with van der Waals surface area (Å²) in [6.07, 6.45) is 0.682. The van der Waals surface area contributed by atoms with Gasteiger partial charge in [-0.1, -0.05) is 25.1 Å². The van der Waals surface area contributed by atoms with Gasteiger partial charge in [-0.25, -0.2) is 9.59 Å². The summed E-state index contributed by atoms with van der Waals surface area (Å²) < 4.78 is 9.77. The molecular weight excluding hydrogens is 436 g/mol. The van der Waals surface area contributed by atoms with Crippen LogP contribution in [0.3, 0.4) is 0 Å². The fourth-order valence-electron chi connectivity index (χ4n) is 2.38. The summed E-state index contributed by atoms with van der Waals surface area (Å²) >= 11 is 0. The van der Waals surface area contributed by atoms with Gasteiger partial charge in [0.05, 0.1) is 12.2 Å². The molecule has 0 unspecified atom stereocenters. The Morgan fingerprint density at radius 1 is 0.727 bits per heavy atom. The second kappa shape index (κ2) is 11.1. The highest BCUT2D eigenvalue weighted by Gasteiger charge is 2.19. The number of hydrogen-bond donors (Lipinski definition) is 6. The first kappa shape index (κ1) is 24.7. The minimum Gasteiger partial charge on any atom is -0.504 e. The zero-order chi connectivity index (χ0) is 24.5. The van der Waals surface area contributed by atoms with Crippen LogP contribution in [0, 0.1) is 0 Å². The van der Waals surface area contributed by atoms with E-state index in [1.807, 2.05) is 6.92 Å². The number of esters is 2. The molecule has 10 heteroatoms. The number of phenolic OH excluding ortho intramolecular Hbond substituents is 6. The number of carbonyl (C=O) groups is 2. The Kier molecular flexibility index (Phi) is 8.33. The van der Waals surface area contributed by atoms with Crippen molar-refractivity contribution >= 4 is 11.9 Å². The van der Waals surface area contributed by atoms with Crippen molar-refractivity contribution in [2.24, 2.45) is 0 Å². The number of para-hydroxylation sites is 1. The van der Waals surface area contributed by atoms with Gasteiger partial charge in [0.2, 0.25) is 5.75 Å². The molecule has 0 heterocycles. The van der Waals surface area contributed by atoms with E-state index in [1.165, 1.54) is 0 Å². The quantitative estimate of drug-likeness (QED) is 0.189. The third kappa shape index (κ3) is 6.44. The second-order valence-corrected chi connectivity index (χ2v) is 6.53. The Hall–Kier alpha value is -4.60. The Bertz CT molecular complexity index is 1100. The number of hydrogen-bond acceptors (Lipinski definition) is 10. The van der Waals surface area contributed by atoms with E-state index in [2.05, 4.69) is 0 Å². The average molecular weight is 458 g/mol. The number of ether oxygens (including phenoxy) is 2. The smallest absolute Gasteiger partial charge is 0.347 e. The number of phenols is 6. The van der Waals surface area contributed by atoms with E-state index in [9.17, 15) is 19.8 Å². The van der Waals surface area contributed by atoms with E-state index in [1.54, 1.807) is 30.3 Å². The molecule has 0 aromatic heterocycles. The van der Waals surface area contributed by atoms with Gasteiger partial charge >= 0.3 is 11.9 Å². The SMILES string of the molecule is CCCOC(=O)c1cc(O)c(O)c(O)c1.O=C(Oc1ccccc1)c1ccc(O)c(O)c1O. The van der Waals surface area contributed by atoms with Crippen LogP contribution in [-0.4, -0.2) is 49.2 Å². The molecule has 0 spiro atoms. The van der Waals surface area contributed by atoms with E-state index in [0.29, 0.717) is 12.2 Å². The highest BCUT2D eigenvalue weighted by molar-refractivity contribution is 5.95. The third-order valence-corrected chi connectivity index (χ3v) is 4.05. The highest BCUT2D eigenvalue weighted by atomic mass is 16.5. The maximum Gasteiger partial charge on any atom is 0.347 e. The minimum atomic E-state index is -0.825. The Balaban J connectivity index is 0.000000238. The lowest BCUT2D eigenvalue weighted by Gasteiger charge is -2.07. The predicted molar refractivity (Wildman–Crippen MR) is 115 cm³/mol. The lowest BCUT2D eigenvalue weighted by Crippen LogP contribution is -2.08. The molecular formula is C23H22O10. The summed E-state index contributed by atoms with van der Waals surface area (Å²) in [6.45, 7) is 2.11. The summed E-state index contributed by atoms with van der Waals surface area (Å²) in [4.78, 5) is 23.0. The summed E-state index contributed by atoms with van der Waals surface area (Å²) in [5, 5.41) is 55.3. The normalized spacial score (nSPS) is 9.97. The number of rotatable bonds is 5. The van der Waals surface area contributed by atoms with Crippen LogP contribution in [-0.2, 0) is 4.74 Å². The zero-order valence-corrected chi connectivity index (χ0v) is 17.4. The van der Waals surface area contributed by atoms with Crippen LogP contribution in [0.4, 0.5) is 0 Å². The van der Waals surface area contributed by atoms with E-state index >= 15 is 0 Å². The third-order valence-electron chi connectivity index (χ3n) is 4.05. The van der Waals surface area contributed by atoms with Gasteiger partial charge in [0, 0.05) is 0 Å². The highest BCUT2D eigenvalue weighted by Crippen LogP contribution is 2.37. The molecule has 10 nitrogen and oxygen atoms in total. The van der Waals surface area contributed by atoms with Crippen LogP contribution in [0.25, 0.3) is 0 Å². The molecule has 0 atom stereocenters. The van der Waals surface area contributed by atoms with E-state index in [4.69, 9.17) is 29.9 Å². The van der Waals surface area contributed by atoms with Gasteiger partial charge in [-0.15, -0.1) is 0 Å². The van der Waals surface area contributed by atoms with Gasteiger partial charge in [0.1, 0.15) is 11.3 Å². The standard InChI is InChI=1S/C13H10O5.C10H12O5/c14-10-7-6-9(11(15)12(10)16)13(17)18-8-4-2-1-3-5-8;1-2-3-15-10(14)6-4-7(11)9(13)8(12)5-6/h1-7,14-16H;4-5,11-13H,2-3H2,1H3. The minimum absolute atomic E-state index is 0.00347. The molecule has 174 valence electrons. The van der Waals surface area contributed by atoms with Crippen molar-refractivity contribution in [3.63, 3.8) is 0 Å². The molecule has 0 aliphatic rings. The molecule has 3 aromatic carbocycles. The first-order valence-electron chi connectivity index (χ1n) is 9.58. The van der Waals surface area contributed by atoms with Crippen LogP contribution >= 0.6 is 0 Å². The summed E-state index contributed by atoms with van der Waals surface area (Å²) in [7, 11) is 0. The molecule has 0 radical (unpaired) electrons. The van der Waals surface area contributed by atoms with E-state index < -0.39 is 46.4 Å². The Morgan fingerprint density at radius 3 is 1.91 bits per heavy atom. The fraction of sp³-hybridized carbons (Fsp3) is 0.130. The molecule has 0 aliphatic heterocycles. The lowest BCUT2D eigenvalue weighted by molar-refractivity contribution is 0.0503. The van der Waals surface area contributed by atoms with Crippen molar-refractivity contribution in [1.82, 2.24) is 0 Å². The van der Waals surface area contributed by atoms with Crippen LogP contribution in [0.5, 0.6) is 40.2 Å². The molecule has 0 saturated carbocycles. The van der Waals surface area contributed by atoms with Gasteiger partial charge in [-0.2, -0.15) is 0 Å². The second-order valence-electron chi connectivity index (χ2n) is 6.53. The van der Waals surface area contributed by atoms with E-state index in [0.717, 1.165) is 24.3 Å². The van der Waals surface area contributed by atoms with Crippen LogP contribution < -0.4 is 4.74 Å². The van der Waals surface area contributed by atoms with Crippen LogP contribution in [0.1, 0.15) is 34.1 Å².